The Morgan fingerprint density at radius 1 is 1.03 bits per heavy atom. The highest BCUT2D eigenvalue weighted by molar-refractivity contribution is 6.30. The molecule has 0 spiro atoms. The Morgan fingerprint density at radius 2 is 1.73 bits per heavy atom. The van der Waals surface area contributed by atoms with Crippen LogP contribution in [0.2, 0.25) is 5.02 Å². The van der Waals surface area contributed by atoms with E-state index in [-0.39, 0.29) is 31.4 Å². The molecular formula is C25H21ClN2O5. The van der Waals surface area contributed by atoms with Crippen LogP contribution in [0.15, 0.2) is 84.9 Å². The average molecular weight is 465 g/mol. The summed E-state index contributed by atoms with van der Waals surface area (Å²) in [5.74, 6) is -0.218. The van der Waals surface area contributed by atoms with Gasteiger partial charge in [0.15, 0.2) is 5.72 Å². The second kappa shape index (κ2) is 9.54. The van der Waals surface area contributed by atoms with Crippen LogP contribution >= 0.6 is 11.6 Å². The van der Waals surface area contributed by atoms with E-state index in [9.17, 15) is 14.9 Å². The van der Waals surface area contributed by atoms with Crippen LogP contribution in [0.3, 0.4) is 0 Å². The number of rotatable bonds is 8. The van der Waals surface area contributed by atoms with Crippen LogP contribution in [-0.4, -0.2) is 34.1 Å². The van der Waals surface area contributed by atoms with Crippen LogP contribution in [0.4, 0.5) is 5.69 Å². The minimum absolute atomic E-state index is 0.0239. The second-order valence-electron chi connectivity index (χ2n) is 7.48. The molecule has 0 radical (unpaired) electrons. The lowest BCUT2D eigenvalue weighted by Gasteiger charge is -2.39. The third kappa shape index (κ3) is 4.26. The fraction of sp³-hybridized carbons (Fsp3) is 0.160. The summed E-state index contributed by atoms with van der Waals surface area (Å²) in [5, 5.41) is 20.7. The maximum absolute atomic E-state index is 13.6. The first kappa shape index (κ1) is 22.7. The number of amides is 1. The Balaban J connectivity index is 1.84. The Hall–Kier alpha value is -3.52. The summed E-state index contributed by atoms with van der Waals surface area (Å²) in [6, 6.07) is 20.5. The molecule has 3 aromatic rings. The number of hydrogen-bond acceptors (Lipinski definition) is 5. The number of ether oxygens (including phenoxy) is 1. The molecule has 0 aromatic heterocycles. The van der Waals surface area contributed by atoms with Gasteiger partial charge < -0.3 is 9.84 Å². The van der Waals surface area contributed by atoms with Crippen molar-refractivity contribution in [1.29, 1.82) is 0 Å². The molecule has 8 heteroatoms. The van der Waals surface area contributed by atoms with E-state index in [0.29, 0.717) is 21.7 Å². The molecular weight excluding hydrogens is 444 g/mol. The number of nitro benzene ring substituents is 1. The van der Waals surface area contributed by atoms with Gasteiger partial charge in [-0.05, 0) is 23.8 Å². The van der Waals surface area contributed by atoms with Gasteiger partial charge in [-0.25, -0.2) is 0 Å². The molecule has 1 aliphatic heterocycles. The number of hydrogen-bond donors (Lipinski definition) is 1. The van der Waals surface area contributed by atoms with Crippen molar-refractivity contribution >= 4 is 23.2 Å². The van der Waals surface area contributed by atoms with Crippen LogP contribution in [0.1, 0.15) is 27.0 Å². The normalized spacial score (nSPS) is 17.5. The molecule has 1 unspecified atom stereocenters. The lowest BCUT2D eigenvalue weighted by Crippen LogP contribution is -2.46. The van der Waals surface area contributed by atoms with Crippen LogP contribution < -0.4 is 0 Å². The summed E-state index contributed by atoms with van der Waals surface area (Å²) in [7, 11) is 0. The third-order valence-corrected chi connectivity index (χ3v) is 5.78. The molecule has 1 aliphatic rings. The summed E-state index contributed by atoms with van der Waals surface area (Å²) in [6.07, 6.45) is 3.26. The predicted molar refractivity (Wildman–Crippen MR) is 124 cm³/mol. The second-order valence-corrected chi connectivity index (χ2v) is 7.91. The Morgan fingerprint density at radius 3 is 2.39 bits per heavy atom. The fourth-order valence-corrected chi connectivity index (χ4v) is 4.15. The molecule has 0 saturated heterocycles. The maximum atomic E-state index is 13.6. The smallest absolute Gasteiger partial charge is 0.269 e. The van der Waals surface area contributed by atoms with Crippen molar-refractivity contribution < 1.29 is 19.6 Å². The minimum Gasteiger partial charge on any atom is -0.392 e. The Kier molecular flexibility index (Phi) is 6.55. The summed E-state index contributed by atoms with van der Waals surface area (Å²) in [4.78, 5) is 25.8. The molecule has 0 aliphatic carbocycles. The number of fused-ring (bicyclic) bond motifs is 1. The van der Waals surface area contributed by atoms with E-state index in [2.05, 4.69) is 0 Å². The van der Waals surface area contributed by atoms with E-state index in [0.717, 1.165) is 5.56 Å². The molecule has 7 nitrogen and oxygen atoms in total. The fourth-order valence-electron chi connectivity index (χ4n) is 4.03. The lowest BCUT2D eigenvalue weighted by molar-refractivity contribution is -0.384. The van der Waals surface area contributed by atoms with Gasteiger partial charge >= 0.3 is 0 Å². The van der Waals surface area contributed by atoms with E-state index in [1.54, 1.807) is 53.5 Å². The monoisotopic (exact) mass is 464 g/mol. The van der Waals surface area contributed by atoms with Gasteiger partial charge in [0.2, 0.25) is 0 Å². The summed E-state index contributed by atoms with van der Waals surface area (Å²) < 4.78 is 6.42. The first-order chi connectivity index (χ1) is 16.0. The SMILES string of the molecule is O=C1c2ccccc2C(OC/C=C/CO)(c2ccc(Cl)cc2)N1Cc1ccc([N+](=O)[O-])cc1. The molecule has 0 saturated carbocycles. The molecule has 3 aromatic carbocycles. The van der Waals surface area contributed by atoms with E-state index >= 15 is 0 Å². The largest absolute Gasteiger partial charge is 0.392 e. The van der Waals surface area contributed by atoms with Gasteiger partial charge in [0.25, 0.3) is 11.6 Å². The molecule has 1 N–H and O–H groups in total. The van der Waals surface area contributed by atoms with Gasteiger partial charge in [-0.2, -0.15) is 0 Å². The van der Waals surface area contributed by atoms with E-state index < -0.39 is 10.6 Å². The van der Waals surface area contributed by atoms with E-state index in [1.807, 2.05) is 24.3 Å². The van der Waals surface area contributed by atoms with Crippen LogP contribution in [0, 0.1) is 10.1 Å². The first-order valence-corrected chi connectivity index (χ1v) is 10.7. The number of aliphatic hydroxyl groups is 1. The number of aliphatic hydroxyl groups excluding tert-OH is 1. The van der Waals surface area contributed by atoms with Crippen molar-refractivity contribution in [3.63, 3.8) is 0 Å². The van der Waals surface area contributed by atoms with Gasteiger partial charge in [0, 0.05) is 40.4 Å². The van der Waals surface area contributed by atoms with Crippen LogP contribution in [-0.2, 0) is 17.0 Å². The predicted octanol–water partition coefficient (Wildman–Crippen LogP) is 4.67. The number of nitro groups is 1. The standard InChI is InChI=1S/C25H21ClN2O5/c26-20-11-9-19(10-12-20)25(33-16-4-3-15-29)23-6-2-1-5-22(23)24(30)27(25)17-18-7-13-21(14-8-18)28(31)32/h1-14,29H,15-17H2/b4-3+. The summed E-state index contributed by atoms with van der Waals surface area (Å²) >= 11 is 6.13. The number of carbonyl (C=O) groups is 1. The zero-order chi connectivity index (χ0) is 23.4. The topological polar surface area (TPSA) is 92.9 Å². The Labute approximate surface area is 195 Å². The number of halogens is 1. The molecule has 4 rings (SSSR count). The van der Waals surface area contributed by atoms with Gasteiger partial charge in [0.05, 0.1) is 18.1 Å². The number of nitrogens with zero attached hydrogens (tertiary/aromatic N) is 2. The van der Waals surface area contributed by atoms with Gasteiger partial charge in [0.1, 0.15) is 0 Å². The Bertz CT molecular complexity index is 1190. The lowest BCUT2D eigenvalue weighted by atomic mass is 9.93. The average Bonchev–Trinajstić information content (AvgIpc) is 3.06. The van der Waals surface area contributed by atoms with Gasteiger partial charge in [-0.15, -0.1) is 0 Å². The number of carbonyl (C=O) groups excluding carboxylic acids is 1. The van der Waals surface area contributed by atoms with Crippen LogP contribution in [0.25, 0.3) is 0 Å². The zero-order valence-electron chi connectivity index (χ0n) is 17.6. The van der Waals surface area contributed by atoms with Gasteiger partial charge in [-0.1, -0.05) is 66.2 Å². The molecule has 1 atom stereocenters. The van der Waals surface area contributed by atoms with Crippen molar-refractivity contribution in [2.45, 2.75) is 12.3 Å². The number of non-ortho nitro benzene ring substituents is 1. The molecule has 33 heavy (non-hydrogen) atoms. The molecule has 168 valence electrons. The van der Waals surface area contributed by atoms with Crippen molar-refractivity contribution in [3.05, 3.63) is 122 Å². The highest BCUT2D eigenvalue weighted by atomic mass is 35.5. The van der Waals surface area contributed by atoms with E-state index in [1.165, 1.54) is 12.1 Å². The third-order valence-electron chi connectivity index (χ3n) is 5.53. The molecule has 0 fully saturated rings. The maximum Gasteiger partial charge on any atom is 0.269 e. The van der Waals surface area contributed by atoms with Crippen molar-refractivity contribution in [3.8, 4) is 0 Å². The quantitative estimate of drug-likeness (QED) is 0.297. The number of benzene rings is 3. The zero-order valence-corrected chi connectivity index (χ0v) is 18.3. The van der Waals surface area contributed by atoms with Crippen molar-refractivity contribution in [2.24, 2.45) is 0 Å². The molecule has 1 heterocycles. The van der Waals surface area contributed by atoms with Crippen molar-refractivity contribution in [2.75, 3.05) is 13.2 Å². The highest BCUT2D eigenvalue weighted by Crippen LogP contribution is 2.46. The summed E-state index contributed by atoms with van der Waals surface area (Å²) in [6.45, 7) is 0.179. The molecule has 0 bridgehead atoms. The minimum atomic E-state index is -1.25. The highest BCUT2D eigenvalue weighted by Gasteiger charge is 2.52. The summed E-state index contributed by atoms with van der Waals surface area (Å²) in [5.41, 5.74) is 1.36. The first-order valence-electron chi connectivity index (χ1n) is 10.3. The molecule has 1 amide bonds. The van der Waals surface area contributed by atoms with Gasteiger partial charge in [-0.3, -0.25) is 19.8 Å². The van der Waals surface area contributed by atoms with Crippen LogP contribution in [0.5, 0.6) is 0 Å². The van der Waals surface area contributed by atoms with Crippen molar-refractivity contribution in [1.82, 2.24) is 4.90 Å². The van der Waals surface area contributed by atoms with E-state index in [4.69, 9.17) is 21.4 Å².